The van der Waals surface area contributed by atoms with Crippen molar-refractivity contribution in [2.75, 3.05) is 24.7 Å². The van der Waals surface area contributed by atoms with E-state index >= 15 is 0 Å². The molecule has 8 rings (SSSR count). The van der Waals surface area contributed by atoms with E-state index in [2.05, 4.69) is 15.8 Å². The minimum atomic E-state index is -1.24. The number of carboxylic acids is 1. The number of carboxylic acid groups (broad SMARTS) is 1. The standard InChI is InChI=1S/C41H36N6O7S2/c1-54-45-33(30-23-56-40(42-30)44-41(27-11-5-2-6-12-27,28-13-7-3-8-14-28)29-15-9-4-10-16-29)36(50)43-34-37(51)47-35(39(52)53)26(22-55-38(34)47)21-46-19-24-17-31(48)32(49)18-25(24)20-46/h2-18,23,34,38,48-49H,19-22H2,1H3,(H,42,44)(H,43,50)(H,52,53)/b45-33-/t34?,38-/m0/s1. The van der Waals surface area contributed by atoms with Crippen molar-refractivity contribution in [3.05, 3.63) is 153 Å². The van der Waals surface area contributed by atoms with Crippen molar-refractivity contribution in [3.63, 3.8) is 0 Å². The third-order valence-corrected chi connectivity index (χ3v) is 12.2. The lowest BCUT2D eigenvalue weighted by Gasteiger charge is -2.49. The van der Waals surface area contributed by atoms with E-state index in [1.165, 1.54) is 47.2 Å². The third kappa shape index (κ3) is 6.63. The highest BCUT2D eigenvalue weighted by Gasteiger charge is 2.54. The fourth-order valence-corrected chi connectivity index (χ4v) is 9.65. The van der Waals surface area contributed by atoms with E-state index < -0.39 is 34.7 Å². The number of hydrogen-bond donors (Lipinski definition) is 5. The molecule has 4 heterocycles. The zero-order valence-electron chi connectivity index (χ0n) is 30.0. The Bertz CT molecular complexity index is 2240. The summed E-state index contributed by atoms with van der Waals surface area (Å²) in [5.41, 5.74) is 4.25. The zero-order valence-corrected chi connectivity index (χ0v) is 31.6. The lowest BCUT2D eigenvalue weighted by Crippen LogP contribution is -2.71. The van der Waals surface area contributed by atoms with Crippen molar-refractivity contribution >= 4 is 51.7 Å². The molecule has 13 nitrogen and oxygen atoms in total. The van der Waals surface area contributed by atoms with Gasteiger partial charge >= 0.3 is 5.97 Å². The fraction of sp³-hybridized carbons (Fsp3) is 0.195. The Kier molecular flexibility index (Phi) is 9.97. The summed E-state index contributed by atoms with van der Waals surface area (Å²) in [5, 5.41) is 42.1. The number of β-lactam (4-membered cyclic amide) rings is 1. The summed E-state index contributed by atoms with van der Waals surface area (Å²) in [6.45, 7) is 1.16. The molecule has 0 bridgehead atoms. The van der Waals surface area contributed by atoms with Gasteiger partial charge in [-0.05, 0) is 45.5 Å². The molecule has 0 spiro atoms. The molecule has 0 radical (unpaired) electrons. The molecule has 1 saturated heterocycles. The van der Waals surface area contributed by atoms with Crippen LogP contribution in [0.25, 0.3) is 0 Å². The Morgan fingerprint density at radius 2 is 1.46 bits per heavy atom. The molecular formula is C41H36N6O7S2. The third-order valence-electron chi connectivity index (χ3n) is 10.1. The number of rotatable bonds is 12. The van der Waals surface area contributed by atoms with Crippen molar-refractivity contribution < 1.29 is 34.5 Å². The number of oxime groups is 1. The number of benzene rings is 4. The average molecular weight is 789 g/mol. The maximum Gasteiger partial charge on any atom is 0.352 e. The van der Waals surface area contributed by atoms with Gasteiger partial charge < -0.3 is 30.8 Å². The van der Waals surface area contributed by atoms with Crippen LogP contribution in [0.3, 0.4) is 0 Å². The van der Waals surface area contributed by atoms with E-state index in [-0.39, 0.29) is 35.1 Å². The van der Waals surface area contributed by atoms with Gasteiger partial charge in [0.1, 0.15) is 35.5 Å². The molecule has 3 aliphatic rings. The maximum absolute atomic E-state index is 13.9. The molecule has 4 aromatic carbocycles. The fourth-order valence-electron chi connectivity index (χ4n) is 7.57. The van der Waals surface area contributed by atoms with Gasteiger partial charge in [0.05, 0.1) is 0 Å². The largest absolute Gasteiger partial charge is 0.504 e. The van der Waals surface area contributed by atoms with Gasteiger partial charge in [-0.25, -0.2) is 9.78 Å². The maximum atomic E-state index is 13.9. The van der Waals surface area contributed by atoms with E-state index in [4.69, 9.17) is 9.82 Å². The highest BCUT2D eigenvalue weighted by molar-refractivity contribution is 8.00. The van der Waals surface area contributed by atoms with Crippen LogP contribution >= 0.6 is 23.1 Å². The van der Waals surface area contributed by atoms with Crippen LogP contribution in [-0.4, -0.2) is 84.4 Å². The van der Waals surface area contributed by atoms with Gasteiger partial charge in [0.25, 0.3) is 11.8 Å². The Morgan fingerprint density at radius 1 is 0.911 bits per heavy atom. The second-order valence-corrected chi connectivity index (χ2v) is 15.5. The molecule has 1 aromatic heterocycles. The molecule has 56 heavy (non-hydrogen) atoms. The van der Waals surface area contributed by atoms with Gasteiger partial charge in [0, 0.05) is 30.8 Å². The first-order valence-electron chi connectivity index (χ1n) is 17.7. The molecule has 0 saturated carbocycles. The summed E-state index contributed by atoms with van der Waals surface area (Å²) < 4.78 is 0. The highest BCUT2D eigenvalue weighted by atomic mass is 32.2. The van der Waals surface area contributed by atoms with Gasteiger partial charge in [-0.3, -0.25) is 19.4 Å². The number of aromatic nitrogens is 1. The van der Waals surface area contributed by atoms with Gasteiger partial charge in [-0.1, -0.05) is 96.2 Å². The number of aliphatic carboxylic acids is 1. The number of nitrogens with one attached hydrogen (secondary N) is 2. The zero-order chi connectivity index (χ0) is 39.0. The average Bonchev–Trinajstić information content (AvgIpc) is 3.84. The monoisotopic (exact) mass is 788 g/mol. The lowest BCUT2D eigenvalue weighted by atomic mass is 9.77. The topological polar surface area (TPSA) is 177 Å². The van der Waals surface area contributed by atoms with Crippen LogP contribution in [0.15, 0.2) is 125 Å². The molecule has 0 aliphatic carbocycles. The number of nitrogens with zero attached hydrogens (tertiary/aromatic N) is 4. The molecule has 3 aliphatic heterocycles. The molecule has 2 atom stereocenters. The number of carbonyl (C=O) groups is 3. The summed E-state index contributed by atoms with van der Waals surface area (Å²) in [4.78, 5) is 53.1. The Hall–Kier alpha value is -6.16. The van der Waals surface area contributed by atoms with Crippen LogP contribution in [-0.2, 0) is 37.8 Å². The van der Waals surface area contributed by atoms with Gasteiger partial charge in [0.2, 0.25) is 0 Å². The molecule has 1 unspecified atom stereocenters. The Balaban J connectivity index is 1.02. The van der Waals surface area contributed by atoms with E-state index in [0.717, 1.165) is 27.8 Å². The first-order valence-corrected chi connectivity index (χ1v) is 19.6. The molecule has 5 N–H and O–H groups in total. The van der Waals surface area contributed by atoms with Crippen LogP contribution in [0.1, 0.15) is 33.5 Å². The number of carbonyl (C=O) groups excluding carboxylic acids is 2. The minimum absolute atomic E-state index is 0.106. The number of anilines is 1. The normalized spacial score (nSPS) is 18.2. The molecular weight excluding hydrogens is 753 g/mol. The van der Waals surface area contributed by atoms with Crippen molar-refractivity contribution in [2.24, 2.45) is 5.16 Å². The van der Waals surface area contributed by atoms with Crippen LogP contribution in [0.4, 0.5) is 5.13 Å². The second kappa shape index (κ2) is 15.2. The van der Waals surface area contributed by atoms with Crippen LogP contribution < -0.4 is 10.6 Å². The molecule has 5 aromatic rings. The quantitative estimate of drug-likeness (QED) is 0.0376. The summed E-state index contributed by atoms with van der Waals surface area (Å²) in [6.07, 6.45) is 0. The summed E-state index contributed by atoms with van der Waals surface area (Å²) in [6, 6.07) is 32.1. The van der Waals surface area contributed by atoms with Crippen molar-refractivity contribution in [1.82, 2.24) is 20.1 Å². The smallest absolute Gasteiger partial charge is 0.352 e. The van der Waals surface area contributed by atoms with Gasteiger partial charge in [-0.15, -0.1) is 23.1 Å². The number of phenolic OH excluding ortho intramolecular Hbond substituents is 2. The molecule has 284 valence electrons. The Morgan fingerprint density at radius 3 is 1.98 bits per heavy atom. The first kappa shape index (κ1) is 36.8. The number of amides is 2. The van der Waals surface area contributed by atoms with Crippen molar-refractivity contribution in [2.45, 2.75) is 30.0 Å². The van der Waals surface area contributed by atoms with Gasteiger partial charge in [-0.2, -0.15) is 0 Å². The van der Waals surface area contributed by atoms with Gasteiger partial charge in [0.15, 0.2) is 22.3 Å². The number of aromatic hydroxyl groups is 2. The number of fused-ring (bicyclic) bond motifs is 2. The first-order chi connectivity index (χ1) is 27.2. The van der Waals surface area contributed by atoms with Crippen LogP contribution in [0.5, 0.6) is 11.5 Å². The molecule has 15 heteroatoms. The Labute approximate surface area is 329 Å². The van der Waals surface area contributed by atoms with Crippen molar-refractivity contribution in [1.29, 1.82) is 0 Å². The van der Waals surface area contributed by atoms with Crippen molar-refractivity contribution in [3.8, 4) is 11.5 Å². The van der Waals surface area contributed by atoms with Crippen LogP contribution in [0, 0.1) is 0 Å². The number of phenols is 2. The van der Waals surface area contributed by atoms with E-state index in [1.807, 2.05) is 95.9 Å². The van der Waals surface area contributed by atoms with E-state index in [0.29, 0.717) is 29.5 Å². The molecule has 1 fully saturated rings. The summed E-state index contributed by atoms with van der Waals surface area (Å²) in [7, 11) is 1.31. The number of thioether (sulfide) groups is 1. The predicted octanol–water partition coefficient (Wildman–Crippen LogP) is 5.06. The summed E-state index contributed by atoms with van der Waals surface area (Å²) >= 11 is 2.65. The van der Waals surface area contributed by atoms with E-state index in [1.54, 1.807) is 5.38 Å². The highest BCUT2D eigenvalue weighted by Crippen LogP contribution is 2.43. The predicted molar refractivity (Wildman–Crippen MR) is 212 cm³/mol. The molecule has 2 amide bonds. The van der Waals surface area contributed by atoms with Crippen LogP contribution in [0.2, 0.25) is 0 Å². The van der Waals surface area contributed by atoms with E-state index in [9.17, 15) is 29.7 Å². The SMILES string of the molecule is CO/N=C(\C(=O)NC1C(=O)N2C(C(=O)O)=C(CN3Cc4cc(O)c(O)cc4C3)CS[C@@H]12)c1csc(NC(c2ccccc2)(c2ccccc2)c2ccccc2)n1. The second-order valence-electron chi connectivity index (χ2n) is 13.5. The number of thiazole rings is 1. The lowest BCUT2D eigenvalue weighted by molar-refractivity contribution is -0.150. The number of hydrogen-bond acceptors (Lipinski definition) is 12. The minimum Gasteiger partial charge on any atom is -0.504 e. The summed E-state index contributed by atoms with van der Waals surface area (Å²) in [5.74, 6) is -2.60.